The molecule has 0 heterocycles. The van der Waals surface area contributed by atoms with E-state index in [1.54, 1.807) is 0 Å². The number of hydrogen-bond donors (Lipinski definition) is 1. The summed E-state index contributed by atoms with van der Waals surface area (Å²) in [6.45, 7) is 3.91. The zero-order chi connectivity index (χ0) is 64.7. The number of allylic oxidation sites excluding steroid dienone is 30. The van der Waals surface area contributed by atoms with Crippen LogP contribution < -0.4 is 0 Å². The van der Waals surface area contributed by atoms with E-state index >= 15 is 0 Å². The third-order valence-corrected chi connectivity index (χ3v) is 15.7. The molecule has 0 fully saturated rings. The summed E-state index contributed by atoms with van der Waals surface area (Å²) in [4.78, 5) is 24.7. The smallest absolute Gasteiger partial charge is 0.306 e. The summed E-state index contributed by atoms with van der Waals surface area (Å²) in [5.41, 5.74) is 0. The summed E-state index contributed by atoms with van der Waals surface area (Å²) in [5, 5.41) is 9.71. The molecule has 1 atom stereocenters. The fourth-order valence-corrected chi connectivity index (χ4v) is 10.2. The van der Waals surface area contributed by atoms with Gasteiger partial charge >= 0.3 is 11.9 Å². The Hall–Kier alpha value is -5.00. The van der Waals surface area contributed by atoms with Crippen molar-refractivity contribution < 1.29 is 24.2 Å². The SMILES string of the molecule is CC/C=C\C/C=C\C/C=C\C/C=C\C/C=C\C/C=C\C/C=C\C/C=C\C/C=C\C/C=C\C/C=C\CCCCCCCC(=O)OC(CO)COC(=O)CCCCCCCCCCCCCCCCCCCCCCCCCC/C=C\C/C=C\C/C=C\C/C=C\CC. The highest BCUT2D eigenvalue weighted by molar-refractivity contribution is 5.70. The predicted octanol–water partition coefficient (Wildman–Crippen LogP) is 26.5. The summed E-state index contributed by atoms with van der Waals surface area (Å²) < 4.78 is 10.8. The van der Waals surface area contributed by atoms with E-state index in [1.165, 1.54) is 141 Å². The van der Waals surface area contributed by atoms with Crippen molar-refractivity contribution in [1.29, 1.82) is 0 Å². The minimum atomic E-state index is -0.795. The maximum Gasteiger partial charge on any atom is 0.306 e. The molecule has 0 aromatic carbocycles. The fraction of sp³-hybridized carbons (Fsp3) is 0.624. The van der Waals surface area contributed by atoms with E-state index in [9.17, 15) is 14.7 Å². The normalized spacial score (nSPS) is 13.3. The Kier molecular flexibility index (Phi) is 73.9. The van der Waals surface area contributed by atoms with E-state index in [0.29, 0.717) is 12.8 Å². The number of rotatable bonds is 67. The quantitative estimate of drug-likeness (QED) is 0.0373. The van der Waals surface area contributed by atoms with Crippen molar-refractivity contribution in [2.24, 2.45) is 0 Å². The summed E-state index contributed by atoms with van der Waals surface area (Å²) in [6, 6.07) is 0. The lowest BCUT2D eigenvalue weighted by Gasteiger charge is -2.15. The lowest BCUT2D eigenvalue weighted by Crippen LogP contribution is -2.28. The highest BCUT2D eigenvalue weighted by Crippen LogP contribution is 2.17. The van der Waals surface area contributed by atoms with Gasteiger partial charge in [0.15, 0.2) is 6.10 Å². The molecule has 0 saturated heterocycles. The molecule has 0 aromatic heterocycles. The van der Waals surface area contributed by atoms with Gasteiger partial charge in [0.05, 0.1) is 6.61 Å². The number of esters is 2. The molecule has 0 spiro atoms. The Balaban J connectivity index is 3.55. The molecular weight excluding hydrogens is 1100 g/mol. The maximum absolute atomic E-state index is 12.4. The molecule has 0 rings (SSSR count). The molecule has 1 N–H and O–H groups in total. The van der Waals surface area contributed by atoms with Crippen molar-refractivity contribution in [3.63, 3.8) is 0 Å². The van der Waals surface area contributed by atoms with Gasteiger partial charge in [-0.05, 0) is 135 Å². The van der Waals surface area contributed by atoms with E-state index < -0.39 is 6.10 Å². The standard InChI is InChI=1S/C85H138O5/c1-3-5-7-9-11-13-15-17-19-21-23-25-27-29-31-33-35-37-39-41-42-44-46-48-50-52-54-56-58-60-62-64-66-68-70-72-74-76-78-80-85(88)90-83(81-86)82-89-84(87)79-77-75-73-71-69-67-65-63-61-59-57-55-53-51-49-47-45-43-40-38-36-34-32-30-28-26-24-22-20-18-16-14-12-10-8-6-4-2/h5-8,11-14,17-20,23-26,29,31,35,37,41-42,46,48,52,54,58,60,64,66,83,86H,3-4,9-10,15-16,21-22,27-28,30,32-34,36,38-40,43-45,47,49-51,53,55-57,59,61-63,65,67-82H2,1-2H3/b7-5-,8-6-,13-11-,14-12-,19-17-,20-18-,25-23-,26-24-,31-29-,37-35-,42-41-,48-46-,54-52-,60-58-,66-64-. The van der Waals surface area contributed by atoms with Crippen LogP contribution in [0.5, 0.6) is 0 Å². The molecule has 0 aliphatic heterocycles. The van der Waals surface area contributed by atoms with Crippen LogP contribution in [0.1, 0.15) is 322 Å². The molecule has 1 unspecified atom stereocenters. The minimum Gasteiger partial charge on any atom is -0.462 e. The van der Waals surface area contributed by atoms with Gasteiger partial charge in [0.2, 0.25) is 0 Å². The summed E-state index contributed by atoms with van der Waals surface area (Å²) in [5.74, 6) is -0.612. The van der Waals surface area contributed by atoms with Gasteiger partial charge in [0, 0.05) is 12.8 Å². The van der Waals surface area contributed by atoms with Crippen molar-refractivity contribution in [1.82, 2.24) is 0 Å². The Labute approximate surface area is 556 Å². The summed E-state index contributed by atoms with van der Waals surface area (Å²) in [7, 11) is 0. The molecule has 5 nitrogen and oxygen atoms in total. The number of aliphatic hydroxyl groups excluding tert-OH is 1. The summed E-state index contributed by atoms with van der Waals surface area (Å²) in [6.07, 6.45) is 122. The van der Waals surface area contributed by atoms with Crippen LogP contribution in [0, 0.1) is 0 Å². The van der Waals surface area contributed by atoms with Crippen LogP contribution in [0.3, 0.4) is 0 Å². The second kappa shape index (κ2) is 78.2. The highest BCUT2D eigenvalue weighted by Gasteiger charge is 2.16. The average molecular weight is 1240 g/mol. The average Bonchev–Trinajstić information content (AvgIpc) is 3.59. The Morgan fingerprint density at radius 1 is 0.256 bits per heavy atom. The highest BCUT2D eigenvalue weighted by atomic mass is 16.6. The molecule has 90 heavy (non-hydrogen) atoms. The zero-order valence-electron chi connectivity index (χ0n) is 58.3. The van der Waals surface area contributed by atoms with Gasteiger partial charge in [-0.1, -0.05) is 357 Å². The fourth-order valence-electron chi connectivity index (χ4n) is 10.2. The first-order valence-corrected chi connectivity index (χ1v) is 37.3. The molecular formula is C85H138O5. The first-order chi connectivity index (χ1) is 44.6. The molecule has 0 saturated carbocycles. The second-order valence-electron chi connectivity index (χ2n) is 24.3. The van der Waals surface area contributed by atoms with Gasteiger partial charge < -0.3 is 14.6 Å². The second-order valence-corrected chi connectivity index (χ2v) is 24.3. The third kappa shape index (κ3) is 75.5. The van der Waals surface area contributed by atoms with Crippen LogP contribution in [-0.2, 0) is 19.1 Å². The Morgan fingerprint density at radius 3 is 0.667 bits per heavy atom. The van der Waals surface area contributed by atoms with Gasteiger partial charge in [-0.25, -0.2) is 0 Å². The monoisotopic (exact) mass is 1240 g/mol. The van der Waals surface area contributed by atoms with Crippen molar-refractivity contribution in [2.75, 3.05) is 13.2 Å². The number of hydrogen-bond acceptors (Lipinski definition) is 5. The van der Waals surface area contributed by atoms with Gasteiger partial charge in [-0.2, -0.15) is 0 Å². The number of ether oxygens (including phenoxy) is 2. The van der Waals surface area contributed by atoms with Crippen LogP contribution in [-0.4, -0.2) is 36.4 Å². The lowest BCUT2D eigenvalue weighted by molar-refractivity contribution is -0.161. The molecule has 0 amide bonds. The van der Waals surface area contributed by atoms with Gasteiger partial charge in [-0.3, -0.25) is 9.59 Å². The zero-order valence-corrected chi connectivity index (χ0v) is 58.3. The molecule has 0 aromatic rings. The largest absolute Gasteiger partial charge is 0.462 e. The Morgan fingerprint density at radius 2 is 0.444 bits per heavy atom. The molecule has 0 aliphatic rings. The van der Waals surface area contributed by atoms with Crippen LogP contribution in [0.25, 0.3) is 0 Å². The van der Waals surface area contributed by atoms with E-state index in [-0.39, 0.29) is 25.2 Å². The number of carbonyl (C=O) groups is 2. The van der Waals surface area contributed by atoms with Crippen LogP contribution >= 0.6 is 0 Å². The molecule has 0 radical (unpaired) electrons. The molecule has 508 valence electrons. The van der Waals surface area contributed by atoms with E-state index in [4.69, 9.17) is 9.47 Å². The lowest BCUT2D eigenvalue weighted by atomic mass is 10.0. The first kappa shape index (κ1) is 85.0. The van der Waals surface area contributed by atoms with Gasteiger partial charge in [0.25, 0.3) is 0 Å². The predicted molar refractivity (Wildman–Crippen MR) is 398 cm³/mol. The van der Waals surface area contributed by atoms with Crippen molar-refractivity contribution in [2.45, 2.75) is 328 Å². The number of unbranched alkanes of at least 4 members (excludes halogenated alkanes) is 29. The summed E-state index contributed by atoms with van der Waals surface area (Å²) >= 11 is 0. The first-order valence-electron chi connectivity index (χ1n) is 37.3. The van der Waals surface area contributed by atoms with Gasteiger partial charge in [0.1, 0.15) is 6.61 Å². The number of carbonyl (C=O) groups excluding carboxylic acids is 2. The minimum absolute atomic E-state index is 0.0810. The Bertz CT molecular complexity index is 1990. The van der Waals surface area contributed by atoms with E-state index in [0.717, 1.165) is 154 Å². The molecule has 0 bridgehead atoms. The van der Waals surface area contributed by atoms with Crippen molar-refractivity contribution >= 4 is 11.9 Å². The van der Waals surface area contributed by atoms with Gasteiger partial charge in [-0.15, -0.1) is 0 Å². The van der Waals surface area contributed by atoms with Crippen LogP contribution in [0.15, 0.2) is 182 Å². The van der Waals surface area contributed by atoms with Crippen molar-refractivity contribution in [3.8, 4) is 0 Å². The maximum atomic E-state index is 12.4. The number of aliphatic hydroxyl groups is 1. The topological polar surface area (TPSA) is 72.8 Å². The molecule has 0 aliphatic carbocycles. The third-order valence-electron chi connectivity index (χ3n) is 15.7. The van der Waals surface area contributed by atoms with Crippen LogP contribution in [0.4, 0.5) is 0 Å². The van der Waals surface area contributed by atoms with Crippen molar-refractivity contribution in [3.05, 3.63) is 182 Å². The molecule has 5 heteroatoms. The van der Waals surface area contributed by atoms with E-state index in [2.05, 4.69) is 196 Å². The van der Waals surface area contributed by atoms with E-state index in [1.807, 2.05) is 0 Å². The van der Waals surface area contributed by atoms with Crippen LogP contribution in [0.2, 0.25) is 0 Å².